The molecule has 0 aliphatic rings. The van der Waals surface area contributed by atoms with Crippen LogP contribution in [-0.2, 0) is 6.54 Å². The van der Waals surface area contributed by atoms with Crippen LogP contribution < -0.4 is 5.32 Å². The lowest BCUT2D eigenvalue weighted by atomic mass is 9.95. The van der Waals surface area contributed by atoms with Gasteiger partial charge in [0.2, 0.25) is 0 Å². The zero-order valence-corrected chi connectivity index (χ0v) is 12.8. The molecule has 2 aromatic carbocycles. The molecule has 0 aliphatic carbocycles. The fraction of sp³-hybridized carbons (Fsp3) is 0.294. The van der Waals surface area contributed by atoms with Gasteiger partial charge in [-0.3, -0.25) is 0 Å². The van der Waals surface area contributed by atoms with E-state index >= 15 is 0 Å². The number of rotatable bonds is 4. The molecule has 2 aromatic rings. The molecule has 0 aliphatic heterocycles. The van der Waals surface area contributed by atoms with Gasteiger partial charge in [0.05, 0.1) is 0 Å². The summed E-state index contributed by atoms with van der Waals surface area (Å²) in [4.78, 5) is 0. The highest BCUT2D eigenvalue weighted by Crippen LogP contribution is 2.34. The van der Waals surface area contributed by atoms with Crippen LogP contribution in [0.2, 0.25) is 5.02 Å². The molecule has 0 aromatic heterocycles. The summed E-state index contributed by atoms with van der Waals surface area (Å²) >= 11 is 6.41. The molecule has 0 heterocycles. The van der Waals surface area contributed by atoms with Gasteiger partial charge in [-0.25, -0.2) is 4.39 Å². The van der Waals surface area contributed by atoms with Crippen LogP contribution in [0, 0.1) is 19.7 Å². The van der Waals surface area contributed by atoms with Crippen LogP contribution in [-0.4, -0.2) is 6.54 Å². The van der Waals surface area contributed by atoms with E-state index in [1.54, 1.807) is 12.1 Å². The quantitative estimate of drug-likeness (QED) is 0.847. The van der Waals surface area contributed by atoms with Crippen molar-refractivity contribution in [3.63, 3.8) is 0 Å². The minimum atomic E-state index is -0.205. The topological polar surface area (TPSA) is 12.0 Å². The second-order valence-corrected chi connectivity index (χ2v) is 5.42. The van der Waals surface area contributed by atoms with Crippen LogP contribution in [0.1, 0.15) is 23.6 Å². The summed E-state index contributed by atoms with van der Waals surface area (Å²) in [5.74, 6) is -0.205. The van der Waals surface area contributed by atoms with Gasteiger partial charge in [-0.1, -0.05) is 30.7 Å². The van der Waals surface area contributed by atoms with Crippen LogP contribution in [0.15, 0.2) is 30.3 Å². The minimum absolute atomic E-state index is 0.205. The molecule has 1 nitrogen and oxygen atoms in total. The van der Waals surface area contributed by atoms with E-state index in [9.17, 15) is 4.39 Å². The number of nitrogens with one attached hydrogen (secondary N) is 1. The minimum Gasteiger partial charge on any atom is -0.313 e. The first kappa shape index (κ1) is 15.0. The Morgan fingerprint density at radius 1 is 1.10 bits per heavy atom. The van der Waals surface area contributed by atoms with Crippen molar-refractivity contribution in [1.82, 2.24) is 5.32 Å². The van der Waals surface area contributed by atoms with Crippen LogP contribution in [0.25, 0.3) is 11.1 Å². The van der Waals surface area contributed by atoms with E-state index in [1.807, 2.05) is 26.0 Å². The molecule has 106 valence electrons. The maximum Gasteiger partial charge on any atom is 0.123 e. The molecule has 0 bridgehead atoms. The summed E-state index contributed by atoms with van der Waals surface area (Å²) in [5.41, 5.74) is 4.94. The Bertz CT molecular complexity index is 599. The van der Waals surface area contributed by atoms with E-state index in [2.05, 4.69) is 18.3 Å². The largest absolute Gasteiger partial charge is 0.313 e. The summed E-state index contributed by atoms with van der Waals surface area (Å²) < 4.78 is 13.4. The SMILES string of the molecule is CCNCc1ccc(-c2c(C)cc(F)cc2C)c(Cl)c1. The Balaban J connectivity index is 2.44. The third-order valence-electron chi connectivity index (χ3n) is 3.38. The molecule has 0 amide bonds. The van der Waals surface area contributed by atoms with Gasteiger partial charge in [0.1, 0.15) is 5.82 Å². The standard InChI is InChI=1S/C17H19ClFN/c1-4-20-10-13-5-6-15(16(18)9-13)17-11(2)7-14(19)8-12(17)3/h5-9,20H,4,10H2,1-3H3. The molecule has 0 unspecified atom stereocenters. The van der Waals surface area contributed by atoms with E-state index in [0.29, 0.717) is 5.02 Å². The molecular weight excluding hydrogens is 273 g/mol. The maximum absolute atomic E-state index is 13.4. The summed E-state index contributed by atoms with van der Waals surface area (Å²) in [6.07, 6.45) is 0. The van der Waals surface area contributed by atoms with Crippen molar-refractivity contribution in [2.75, 3.05) is 6.54 Å². The highest BCUT2D eigenvalue weighted by atomic mass is 35.5. The van der Waals surface area contributed by atoms with Gasteiger partial charge in [0.15, 0.2) is 0 Å². The molecule has 0 atom stereocenters. The lowest BCUT2D eigenvalue weighted by molar-refractivity contribution is 0.625. The van der Waals surface area contributed by atoms with E-state index in [4.69, 9.17) is 11.6 Å². The van der Waals surface area contributed by atoms with Crippen LogP contribution in [0.5, 0.6) is 0 Å². The second-order valence-electron chi connectivity index (χ2n) is 5.01. The highest BCUT2D eigenvalue weighted by molar-refractivity contribution is 6.33. The molecule has 0 fully saturated rings. The summed E-state index contributed by atoms with van der Waals surface area (Å²) in [6.45, 7) is 7.62. The number of benzene rings is 2. The monoisotopic (exact) mass is 291 g/mol. The first-order chi connectivity index (χ1) is 9.52. The third-order valence-corrected chi connectivity index (χ3v) is 3.69. The zero-order chi connectivity index (χ0) is 14.7. The maximum atomic E-state index is 13.4. The Kier molecular flexibility index (Phi) is 4.79. The molecule has 0 saturated carbocycles. The average molecular weight is 292 g/mol. The number of hydrogen-bond donors (Lipinski definition) is 1. The van der Waals surface area contributed by atoms with E-state index in [-0.39, 0.29) is 5.82 Å². The van der Waals surface area contributed by atoms with Crippen molar-refractivity contribution in [2.24, 2.45) is 0 Å². The first-order valence-corrected chi connectivity index (χ1v) is 7.17. The van der Waals surface area contributed by atoms with E-state index in [1.165, 1.54) is 0 Å². The zero-order valence-electron chi connectivity index (χ0n) is 12.1. The smallest absolute Gasteiger partial charge is 0.123 e. The van der Waals surface area contributed by atoms with Gasteiger partial charge in [-0.2, -0.15) is 0 Å². The molecule has 20 heavy (non-hydrogen) atoms. The lowest BCUT2D eigenvalue weighted by Gasteiger charge is -2.13. The Morgan fingerprint density at radius 2 is 1.75 bits per heavy atom. The fourth-order valence-corrected chi connectivity index (χ4v) is 2.77. The molecule has 3 heteroatoms. The third kappa shape index (κ3) is 3.20. The van der Waals surface area contributed by atoms with Crippen LogP contribution in [0.3, 0.4) is 0 Å². The van der Waals surface area contributed by atoms with Gasteiger partial charge < -0.3 is 5.32 Å². The van der Waals surface area contributed by atoms with Crippen molar-refractivity contribution in [3.05, 3.63) is 57.9 Å². The van der Waals surface area contributed by atoms with E-state index < -0.39 is 0 Å². The van der Waals surface area contributed by atoms with Gasteiger partial charge >= 0.3 is 0 Å². The Hall–Kier alpha value is -1.38. The summed E-state index contributed by atoms with van der Waals surface area (Å²) in [5, 5.41) is 3.98. The van der Waals surface area contributed by atoms with Gasteiger partial charge in [0.25, 0.3) is 0 Å². The lowest BCUT2D eigenvalue weighted by Crippen LogP contribution is -2.11. The van der Waals surface area contributed by atoms with Gasteiger partial charge in [-0.05, 0) is 60.8 Å². The average Bonchev–Trinajstić information content (AvgIpc) is 2.37. The first-order valence-electron chi connectivity index (χ1n) is 6.79. The van der Waals surface area contributed by atoms with Crippen molar-refractivity contribution < 1.29 is 4.39 Å². The molecule has 1 N–H and O–H groups in total. The number of hydrogen-bond acceptors (Lipinski definition) is 1. The molecular formula is C17H19ClFN. The predicted molar refractivity (Wildman–Crippen MR) is 83.7 cm³/mol. The Morgan fingerprint density at radius 3 is 2.30 bits per heavy atom. The van der Waals surface area contributed by atoms with Crippen LogP contribution in [0.4, 0.5) is 4.39 Å². The molecule has 0 radical (unpaired) electrons. The number of halogens is 2. The molecule has 2 rings (SSSR count). The van der Waals surface area contributed by atoms with E-state index in [0.717, 1.165) is 40.9 Å². The molecule has 0 saturated heterocycles. The van der Waals surface area contributed by atoms with Crippen molar-refractivity contribution in [2.45, 2.75) is 27.3 Å². The van der Waals surface area contributed by atoms with Crippen molar-refractivity contribution >= 4 is 11.6 Å². The summed E-state index contributed by atoms with van der Waals surface area (Å²) in [7, 11) is 0. The van der Waals surface area contributed by atoms with Gasteiger partial charge in [-0.15, -0.1) is 0 Å². The van der Waals surface area contributed by atoms with Gasteiger partial charge in [0, 0.05) is 17.1 Å². The Labute approximate surface area is 124 Å². The predicted octanol–water partition coefficient (Wildman–Crippen LogP) is 4.87. The highest BCUT2D eigenvalue weighted by Gasteiger charge is 2.11. The summed E-state index contributed by atoms with van der Waals surface area (Å²) in [6, 6.07) is 9.15. The van der Waals surface area contributed by atoms with Crippen molar-refractivity contribution in [1.29, 1.82) is 0 Å². The van der Waals surface area contributed by atoms with Crippen molar-refractivity contribution in [3.8, 4) is 11.1 Å². The molecule has 0 spiro atoms. The number of aryl methyl sites for hydroxylation is 2. The normalized spacial score (nSPS) is 10.8. The fourth-order valence-electron chi connectivity index (χ4n) is 2.48. The second kappa shape index (κ2) is 6.38. The van der Waals surface area contributed by atoms with Crippen LogP contribution >= 0.6 is 11.6 Å².